The molecule has 2 aromatic rings. The van der Waals surface area contributed by atoms with Gasteiger partial charge in [-0.05, 0) is 19.9 Å². The molecule has 2 heterocycles. The van der Waals surface area contributed by atoms with Crippen molar-refractivity contribution >= 4 is 11.6 Å². The summed E-state index contributed by atoms with van der Waals surface area (Å²) in [6, 6.07) is 1.70. The van der Waals surface area contributed by atoms with Crippen LogP contribution in [0.25, 0.3) is 5.82 Å². The fourth-order valence-corrected chi connectivity index (χ4v) is 1.61. The fraction of sp³-hybridized carbons (Fsp3) is 0.300. The van der Waals surface area contributed by atoms with E-state index < -0.39 is 0 Å². The van der Waals surface area contributed by atoms with E-state index in [2.05, 4.69) is 15.1 Å². The summed E-state index contributed by atoms with van der Waals surface area (Å²) in [6.07, 6.45) is 1.50. The molecule has 2 rings (SSSR count). The summed E-state index contributed by atoms with van der Waals surface area (Å²) in [7, 11) is 0. The van der Waals surface area contributed by atoms with Gasteiger partial charge in [-0.25, -0.2) is 9.97 Å². The van der Waals surface area contributed by atoms with Crippen LogP contribution >= 0.6 is 11.6 Å². The number of aliphatic hydroxyl groups is 1. The highest BCUT2D eigenvalue weighted by molar-refractivity contribution is 6.31. The molecule has 0 fully saturated rings. The van der Waals surface area contributed by atoms with Gasteiger partial charge in [-0.1, -0.05) is 11.6 Å². The Hall–Kier alpha value is -1.46. The molecular formula is C10H11ClN4O. The molecule has 0 aliphatic rings. The smallest absolute Gasteiger partial charge is 0.155 e. The lowest BCUT2D eigenvalue weighted by Gasteiger charge is -2.05. The van der Waals surface area contributed by atoms with Crippen molar-refractivity contribution in [2.24, 2.45) is 0 Å². The van der Waals surface area contributed by atoms with Gasteiger partial charge >= 0.3 is 0 Å². The number of aromatic nitrogens is 4. The third-order valence-electron chi connectivity index (χ3n) is 2.18. The first-order valence-corrected chi connectivity index (χ1v) is 5.15. The Balaban J connectivity index is 2.52. The number of hydrogen-bond donors (Lipinski definition) is 1. The van der Waals surface area contributed by atoms with E-state index in [1.165, 1.54) is 6.20 Å². The Labute approximate surface area is 97.7 Å². The van der Waals surface area contributed by atoms with Gasteiger partial charge in [0.2, 0.25) is 0 Å². The normalized spacial score (nSPS) is 10.8. The highest BCUT2D eigenvalue weighted by atomic mass is 35.5. The van der Waals surface area contributed by atoms with Gasteiger partial charge in [-0.2, -0.15) is 4.68 Å². The van der Waals surface area contributed by atoms with Crippen molar-refractivity contribution in [2.45, 2.75) is 20.5 Å². The minimum atomic E-state index is -0.124. The van der Waals surface area contributed by atoms with E-state index in [0.29, 0.717) is 22.2 Å². The summed E-state index contributed by atoms with van der Waals surface area (Å²) in [5, 5.41) is 13.8. The van der Waals surface area contributed by atoms with Crippen LogP contribution in [0.2, 0.25) is 5.02 Å². The summed E-state index contributed by atoms with van der Waals surface area (Å²) in [5.74, 6) is 2.03. The minimum absolute atomic E-state index is 0.124. The maximum absolute atomic E-state index is 9.11. The van der Waals surface area contributed by atoms with Crippen molar-refractivity contribution in [1.82, 2.24) is 19.7 Å². The predicted molar refractivity (Wildman–Crippen MR) is 59.6 cm³/mol. The van der Waals surface area contributed by atoms with Gasteiger partial charge in [0, 0.05) is 11.8 Å². The SMILES string of the molecule is Cc1nc(C)n(-c2cc(CO)c(Cl)cn2)n1. The standard InChI is InChI=1S/C10H11ClN4O/c1-6-13-7(2)15(14-6)10-3-8(5-16)9(11)4-12-10/h3-4,16H,5H2,1-2H3. The molecule has 2 aromatic heterocycles. The van der Waals surface area contributed by atoms with Crippen LogP contribution in [0, 0.1) is 13.8 Å². The highest BCUT2D eigenvalue weighted by Gasteiger charge is 2.08. The van der Waals surface area contributed by atoms with Gasteiger partial charge in [0.05, 0.1) is 11.6 Å². The minimum Gasteiger partial charge on any atom is -0.392 e. The van der Waals surface area contributed by atoms with Gasteiger partial charge in [-0.3, -0.25) is 0 Å². The van der Waals surface area contributed by atoms with Crippen LogP contribution in [0.3, 0.4) is 0 Å². The van der Waals surface area contributed by atoms with Crippen molar-refractivity contribution in [3.05, 3.63) is 34.5 Å². The van der Waals surface area contributed by atoms with Crippen LogP contribution in [0.4, 0.5) is 0 Å². The first-order chi connectivity index (χ1) is 7.61. The molecule has 0 bridgehead atoms. The van der Waals surface area contributed by atoms with E-state index in [9.17, 15) is 0 Å². The van der Waals surface area contributed by atoms with Crippen LogP contribution in [-0.2, 0) is 6.61 Å². The number of halogens is 1. The molecule has 0 saturated carbocycles. The Kier molecular flexibility index (Phi) is 2.89. The maximum Gasteiger partial charge on any atom is 0.155 e. The summed E-state index contributed by atoms with van der Waals surface area (Å²) in [4.78, 5) is 8.33. The second-order valence-corrected chi connectivity index (χ2v) is 3.82. The zero-order valence-corrected chi connectivity index (χ0v) is 9.73. The van der Waals surface area contributed by atoms with Crippen molar-refractivity contribution in [2.75, 3.05) is 0 Å². The third kappa shape index (κ3) is 1.91. The molecule has 5 nitrogen and oxygen atoms in total. The monoisotopic (exact) mass is 238 g/mol. The topological polar surface area (TPSA) is 63.8 Å². The molecular weight excluding hydrogens is 228 g/mol. The van der Waals surface area contributed by atoms with Gasteiger partial charge in [0.15, 0.2) is 5.82 Å². The molecule has 16 heavy (non-hydrogen) atoms. The molecule has 0 aliphatic carbocycles. The van der Waals surface area contributed by atoms with Crippen LogP contribution in [0.5, 0.6) is 0 Å². The molecule has 0 saturated heterocycles. The summed E-state index contributed by atoms with van der Waals surface area (Å²) in [6.45, 7) is 3.53. The van der Waals surface area contributed by atoms with E-state index >= 15 is 0 Å². The number of aliphatic hydroxyl groups excluding tert-OH is 1. The average molecular weight is 239 g/mol. The van der Waals surface area contributed by atoms with E-state index in [1.54, 1.807) is 10.7 Å². The number of rotatable bonds is 2. The first-order valence-electron chi connectivity index (χ1n) is 4.77. The molecule has 0 amide bonds. The molecule has 1 N–H and O–H groups in total. The third-order valence-corrected chi connectivity index (χ3v) is 2.52. The lowest BCUT2D eigenvalue weighted by atomic mass is 10.3. The molecule has 0 unspecified atom stereocenters. The Morgan fingerprint density at radius 1 is 1.44 bits per heavy atom. The number of hydrogen-bond acceptors (Lipinski definition) is 4. The Morgan fingerprint density at radius 2 is 2.19 bits per heavy atom. The van der Waals surface area contributed by atoms with E-state index in [4.69, 9.17) is 16.7 Å². The van der Waals surface area contributed by atoms with Gasteiger partial charge in [0.1, 0.15) is 11.6 Å². The zero-order valence-electron chi connectivity index (χ0n) is 8.98. The molecule has 0 radical (unpaired) electrons. The summed E-state index contributed by atoms with van der Waals surface area (Å²) in [5.41, 5.74) is 0.624. The quantitative estimate of drug-likeness (QED) is 0.860. The number of pyridine rings is 1. The average Bonchev–Trinajstić information content (AvgIpc) is 2.59. The molecule has 0 aromatic carbocycles. The van der Waals surface area contributed by atoms with E-state index in [1.807, 2.05) is 13.8 Å². The molecule has 0 atom stereocenters. The molecule has 0 spiro atoms. The van der Waals surface area contributed by atoms with Crippen molar-refractivity contribution in [3.8, 4) is 5.82 Å². The van der Waals surface area contributed by atoms with E-state index in [-0.39, 0.29) is 6.61 Å². The first kappa shape index (κ1) is 11.0. The van der Waals surface area contributed by atoms with Crippen molar-refractivity contribution in [1.29, 1.82) is 0 Å². The van der Waals surface area contributed by atoms with Crippen molar-refractivity contribution < 1.29 is 5.11 Å². The van der Waals surface area contributed by atoms with Crippen LogP contribution in [-0.4, -0.2) is 24.9 Å². The van der Waals surface area contributed by atoms with Crippen LogP contribution in [0.15, 0.2) is 12.3 Å². The molecule has 0 aliphatic heterocycles. The van der Waals surface area contributed by atoms with E-state index in [0.717, 1.165) is 5.82 Å². The lowest BCUT2D eigenvalue weighted by Crippen LogP contribution is -2.03. The van der Waals surface area contributed by atoms with Crippen LogP contribution in [0.1, 0.15) is 17.2 Å². The Bertz CT molecular complexity index is 524. The number of aryl methyl sites for hydroxylation is 2. The van der Waals surface area contributed by atoms with Gasteiger partial charge in [0.25, 0.3) is 0 Å². The molecule has 84 valence electrons. The van der Waals surface area contributed by atoms with Gasteiger partial charge < -0.3 is 5.11 Å². The van der Waals surface area contributed by atoms with Crippen LogP contribution < -0.4 is 0 Å². The summed E-state index contributed by atoms with van der Waals surface area (Å²) < 4.78 is 1.62. The second kappa shape index (κ2) is 4.19. The van der Waals surface area contributed by atoms with Crippen molar-refractivity contribution in [3.63, 3.8) is 0 Å². The maximum atomic E-state index is 9.11. The Morgan fingerprint density at radius 3 is 2.75 bits per heavy atom. The fourth-order valence-electron chi connectivity index (χ4n) is 1.44. The number of nitrogens with zero attached hydrogens (tertiary/aromatic N) is 4. The zero-order chi connectivity index (χ0) is 11.7. The highest BCUT2D eigenvalue weighted by Crippen LogP contribution is 2.17. The van der Waals surface area contributed by atoms with Gasteiger partial charge in [-0.15, -0.1) is 5.10 Å². The summed E-state index contributed by atoms with van der Waals surface area (Å²) >= 11 is 5.86. The largest absolute Gasteiger partial charge is 0.392 e. The lowest BCUT2D eigenvalue weighted by molar-refractivity contribution is 0.281. The predicted octanol–water partition coefficient (Wildman–Crippen LogP) is 1.42. The molecule has 6 heteroatoms. The second-order valence-electron chi connectivity index (χ2n) is 3.41.